The number of thioether (sulfide) groups is 1. The third-order valence-electron chi connectivity index (χ3n) is 20.3. The molecular weight excluding hydrogens is 1650 g/mol. The Morgan fingerprint density at radius 3 is 1.39 bits per heavy atom. The van der Waals surface area contributed by atoms with E-state index in [4.69, 9.17) is 37.9 Å². The highest BCUT2D eigenvalue weighted by Gasteiger charge is 2.39. The zero-order valence-corrected chi connectivity index (χ0v) is 72.2. The second kappa shape index (κ2) is 49.0. The van der Waals surface area contributed by atoms with Gasteiger partial charge in [-0.15, -0.1) is 11.8 Å². The van der Waals surface area contributed by atoms with Crippen LogP contribution in [0.15, 0.2) is 225 Å². The summed E-state index contributed by atoms with van der Waals surface area (Å²) in [6, 6.07) is 47.0. The maximum atomic E-state index is 15.9. The van der Waals surface area contributed by atoms with Crippen molar-refractivity contribution in [1.82, 2.24) is 67.0 Å². The van der Waals surface area contributed by atoms with E-state index < -0.39 is 158 Å². The summed E-state index contributed by atoms with van der Waals surface area (Å²) in [4.78, 5) is 172. The zero-order chi connectivity index (χ0) is 89.7. The van der Waals surface area contributed by atoms with Gasteiger partial charge in [-0.25, -0.2) is 19.6 Å². The molecular formula is C94H109N13O19S. The molecule has 33 heteroatoms. The van der Waals surface area contributed by atoms with Crippen molar-refractivity contribution in [2.45, 2.75) is 198 Å². The molecule has 0 radical (unpaired) electrons. The number of alkyl carbamates (subject to hydrolysis) is 1. The standard InChI is InChI=1S/C94H109N13O19S/c1-63(108)97-60-127-57-80(91(116)101-78(55-119-50-64-27-11-5-12-28-64)90(115)98-74(43-44-84(110)124-71-37-21-10-22-38-71)86(111)102-79(56-120-51-65-29-13-6-14-30-65)92(117)123-54-68-35-19-9-20-36-68)103-89(114)77(47-83(109)105-85-72-39-23-25-41-81(72)125-82-42-26-24-40-73(82)85)100-87(112)75(45-69-48-106(58-95-69)61-121-52-66-31-15-7-16-32-66)99-88(113)76(104-93(118)126-94(2,3)4)46-70-49-107(59-96-70)62-122-53-67-33-17-8-18-34-67/h5-9,11-20,23-36,39-42,48-49,58-59,71,74-80,85H,10,21-22,37-38,43-47,50-57,60-62H2,1-4H3,(H,97,108)(H,98,115)(H,99,113)(H,100,112)(H,101,116)(H,102,111)(H,103,114)(H,104,118)(H,105,109)/t74-,75-,76-,77-,78-,79-,80-/m0/s1. The summed E-state index contributed by atoms with van der Waals surface area (Å²) in [5.41, 5.74) is 4.46. The number of benzene rings is 7. The zero-order valence-electron chi connectivity index (χ0n) is 71.4. The molecule has 0 spiro atoms. The lowest BCUT2D eigenvalue weighted by molar-refractivity contribution is -0.153. The van der Waals surface area contributed by atoms with Gasteiger partial charge in [0.2, 0.25) is 47.3 Å². The number of rotatable bonds is 47. The van der Waals surface area contributed by atoms with Crippen molar-refractivity contribution in [3.05, 3.63) is 276 Å². The number of aromatic nitrogens is 4. The van der Waals surface area contributed by atoms with E-state index >= 15 is 33.6 Å². The average Bonchev–Trinajstić information content (AvgIpc) is 1.72. The summed E-state index contributed by atoms with van der Waals surface area (Å²) in [7, 11) is 0. The maximum Gasteiger partial charge on any atom is 0.408 e. The van der Waals surface area contributed by atoms with E-state index in [1.54, 1.807) is 151 Å². The van der Waals surface area contributed by atoms with Crippen molar-refractivity contribution in [3.8, 4) is 11.5 Å². The van der Waals surface area contributed by atoms with Crippen LogP contribution in [-0.2, 0) is 140 Å². The predicted octanol–water partition coefficient (Wildman–Crippen LogP) is 9.08. The van der Waals surface area contributed by atoms with Gasteiger partial charge in [0.1, 0.15) is 79.5 Å². The quantitative estimate of drug-likeness (QED) is 0.00742. The number of nitrogens with one attached hydrogen (secondary N) is 9. The predicted molar refractivity (Wildman–Crippen MR) is 468 cm³/mol. The Bertz CT molecular complexity index is 5030. The van der Waals surface area contributed by atoms with E-state index in [2.05, 4.69) is 57.8 Å². The van der Waals surface area contributed by atoms with E-state index in [1.807, 2.05) is 91.0 Å². The first-order valence-electron chi connectivity index (χ1n) is 42.2. The molecule has 1 aliphatic heterocycles. The molecule has 1 saturated carbocycles. The highest BCUT2D eigenvalue weighted by Crippen LogP contribution is 2.42. The Morgan fingerprint density at radius 1 is 0.465 bits per heavy atom. The molecule has 670 valence electrons. The van der Waals surface area contributed by atoms with Gasteiger partial charge in [-0.3, -0.25) is 43.2 Å². The summed E-state index contributed by atoms with van der Waals surface area (Å²) in [6.45, 7) is 5.49. The number of esters is 2. The number of ether oxygens (including phenoxy) is 8. The molecule has 9 amide bonds. The minimum absolute atomic E-state index is 0.00130. The topological polar surface area (TPSA) is 406 Å². The molecule has 2 aliphatic rings. The normalized spacial score (nSPS) is 14.1. The van der Waals surface area contributed by atoms with Crippen LogP contribution in [-0.4, -0.2) is 163 Å². The van der Waals surface area contributed by atoms with Gasteiger partial charge in [0.25, 0.3) is 0 Å². The minimum atomic E-state index is -1.96. The van der Waals surface area contributed by atoms with Gasteiger partial charge in [-0.05, 0) is 92.8 Å². The second-order valence-corrected chi connectivity index (χ2v) is 32.7. The van der Waals surface area contributed by atoms with Gasteiger partial charge >= 0.3 is 18.0 Å². The summed E-state index contributed by atoms with van der Waals surface area (Å²) in [5, 5.41) is 24.7. The van der Waals surface area contributed by atoms with Crippen LogP contribution in [0.1, 0.15) is 135 Å². The summed E-state index contributed by atoms with van der Waals surface area (Å²) < 4.78 is 50.9. The first-order chi connectivity index (χ1) is 61.5. The van der Waals surface area contributed by atoms with Crippen molar-refractivity contribution in [2.75, 3.05) is 24.8 Å². The van der Waals surface area contributed by atoms with Crippen molar-refractivity contribution in [3.63, 3.8) is 0 Å². The third kappa shape index (κ3) is 31.8. The number of amides is 9. The van der Waals surface area contributed by atoms with Crippen LogP contribution in [0.3, 0.4) is 0 Å². The van der Waals surface area contributed by atoms with Crippen LogP contribution in [0.4, 0.5) is 4.79 Å². The third-order valence-corrected chi connectivity index (χ3v) is 21.2. The maximum absolute atomic E-state index is 15.9. The van der Waals surface area contributed by atoms with E-state index in [9.17, 15) is 19.2 Å². The molecule has 7 aromatic carbocycles. The lowest BCUT2D eigenvalue weighted by Gasteiger charge is -2.30. The van der Waals surface area contributed by atoms with Crippen LogP contribution in [0.5, 0.6) is 11.5 Å². The molecule has 2 aromatic heterocycles. The molecule has 0 saturated heterocycles. The number of hydrogen-bond acceptors (Lipinski definition) is 22. The van der Waals surface area contributed by atoms with E-state index in [1.165, 1.54) is 19.6 Å². The minimum Gasteiger partial charge on any atom is -0.462 e. The number of fused-ring (bicyclic) bond motifs is 2. The Kier molecular flexibility index (Phi) is 36.5. The largest absolute Gasteiger partial charge is 0.462 e. The van der Waals surface area contributed by atoms with Crippen molar-refractivity contribution in [2.24, 2.45) is 0 Å². The average molecular weight is 1760 g/mol. The van der Waals surface area contributed by atoms with Crippen molar-refractivity contribution in [1.29, 1.82) is 0 Å². The van der Waals surface area contributed by atoms with E-state index in [0.29, 0.717) is 52.3 Å². The van der Waals surface area contributed by atoms with Crippen LogP contribution in [0, 0.1) is 0 Å². The molecule has 9 aromatic rings. The molecule has 127 heavy (non-hydrogen) atoms. The van der Waals surface area contributed by atoms with Gasteiger partial charge in [-0.2, -0.15) is 0 Å². The fourth-order valence-electron chi connectivity index (χ4n) is 13.8. The summed E-state index contributed by atoms with van der Waals surface area (Å²) in [5.74, 6) is -8.69. The second-order valence-electron chi connectivity index (χ2n) is 31.7. The Labute approximate surface area is 741 Å². The van der Waals surface area contributed by atoms with Gasteiger partial charge in [0, 0.05) is 55.5 Å². The number of nitrogens with zero attached hydrogens (tertiary/aromatic N) is 4. The van der Waals surface area contributed by atoms with Crippen LogP contribution in [0.2, 0.25) is 0 Å². The van der Waals surface area contributed by atoms with Crippen molar-refractivity contribution >= 4 is 77.1 Å². The van der Waals surface area contributed by atoms with Gasteiger partial charge < -0.3 is 94.9 Å². The molecule has 1 aliphatic carbocycles. The van der Waals surface area contributed by atoms with E-state index in [-0.39, 0.29) is 76.3 Å². The Morgan fingerprint density at radius 2 is 0.874 bits per heavy atom. The fraction of sp³-hybridized carbons (Fsp3) is 0.372. The van der Waals surface area contributed by atoms with Gasteiger partial charge in [-0.1, -0.05) is 194 Å². The van der Waals surface area contributed by atoms with Crippen LogP contribution < -0.4 is 52.6 Å². The Hall–Kier alpha value is -13.1. The molecule has 1 fully saturated rings. The fourth-order valence-corrected chi connectivity index (χ4v) is 14.7. The monoisotopic (exact) mass is 1760 g/mol. The van der Waals surface area contributed by atoms with E-state index in [0.717, 1.165) is 47.7 Å². The summed E-state index contributed by atoms with van der Waals surface area (Å²) >= 11 is 0.964. The molecule has 9 N–H and O–H groups in total. The smallest absolute Gasteiger partial charge is 0.408 e. The number of imidazole rings is 2. The lowest BCUT2D eigenvalue weighted by atomic mass is 9.94. The van der Waals surface area contributed by atoms with Gasteiger partial charge in [0.15, 0.2) is 6.04 Å². The van der Waals surface area contributed by atoms with Crippen molar-refractivity contribution < 1.29 is 90.6 Å². The molecule has 7 atom stereocenters. The Balaban J connectivity index is 0.908. The van der Waals surface area contributed by atoms with Gasteiger partial charge in [0.05, 0.1) is 82.0 Å². The molecule has 3 heterocycles. The first-order valence-corrected chi connectivity index (χ1v) is 43.3. The molecule has 32 nitrogen and oxygen atoms in total. The van der Waals surface area contributed by atoms with Crippen LogP contribution >= 0.6 is 11.8 Å². The lowest BCUT2D eigenvalue weighted by Crippen LogP contribution is -2.61. The number of hydrogen-bond donors (Lipinski definition) is 9. The SMILES string of the molecule is CC(=O)NCSC[C@H](NC(=O)[C@H](CC(=O)NC1c2ccccc2Oc2ccccc21)NC(=O)[C@H](Cc1cn(COCc2ccccc2)cn1)NC(=O)[C@H](Cc1cn(COCc2ccccc2)cn1)NC(=O)OC(C)(C)C)C(=O)N[C@@H](COCc1ccccc1)C(=O)N[C@@H](CCC(=O)OC1CCCCC1)C(=O)N[C@@H](COCc1ccccc1)C(=O)OCc1ccccc1. The molecule has 11 rings (SSSR count). The highest BCUT2D eigenvalue weighted by molar-refractivity contribution is 7.99. The summed E-state index contributed by atoms with van der Waals surface area (Å²) in [6.07, 6.45) is 6.40. The molecule has 0 unspecified atom stereocenters. The number of carbonyl (C=O) groups is 11. The van der Waals surface area contributed by atoms with Crippen LogP contribution in [0.25, 0.3) is 0 Å². The number of carbonyl (C=O) groups excluding carboxylic acids is 11. The number of para-hydroxylation sites is 2. The molecule has 0 bridgehead atoms. The first kappa shape index (κ1) is 94.6. The highest BCUT2D eigenvalue weighted by atomic mass is 32.2.